The maximum Gasteiger partial charge on any atom is 0.217 e. The summed E-state index contributed by atoms with van der Waals surface area (Å²) in [5.74, 6) is 2.75. The van der Waals surface area contributed by atoms with Gasteiger partial charge in [0.25, 0.3) is 0 Å². The summed E-state index contributed by atoms with van der Waals surface area (Å²) < 4.78 is 5.89. The number of anilines is 2. The number of amidine groups is 1. The lowest BCUT2D eigenvalue weighted by Gasteiger charge is -2.38. The summed E-state index contributed by atoms with van der Waals surface area (Å²) in [6, 6.07) is 0.706. The Hall–Kier alpha value is -2.79. The molecule has 1 amide bonds. The van der Waals surface area contributed by atoms with Crippen LogP contribution in [0, 0.1) is 11.8 Å². The van der Waals surface area contributed by atoms with Crippen LogP contribution in [0.5, 0.6) is 0 Å². The lowest BCUT2D eigenvalue weighted by atomic mass is 9.80. The number of nitrogens with zero attached hydrogens (tertiary/aromatic N) is 6. The Morgan fingerprint density at radius 3 is 2.76 bits per heavy atom. The normalized spacial score (nSPS) is 25.1. The van der Waals surface area contributed by atoms with E-state index in [2.05, 4.69) is 44.2 Å². The van der Waals surface area contributed by atoms with E-state index in [0.717, 1.165) is 38.5 Å². The van der Waals surface area contributed by atoms with Crippen LogP contribution >= 0.6 is 0 Å². The highest BCUT2D eigenvalue weighted by molar-refractivity contribution is 6.02. The van der Waals surface area contributed by atoms with Gasteiger partial charge in [0, 0.05) is 25.2 Å². The van der Waals surface area contributed by atoms with E-state index in [9.17, 15) is 4.79 Å². The molecular weight excluding hydrogens is 484 g/mol. The molecule has 2 N–H and O–H groups in total. The minimum atomic E-state index is 0.131. The fraction of sp³-hybridized carbons (Fsp3) is 0.741. The number of hydrogen-bond donors (Lipinski definition) is 2. The predicted octanol–water partition coefficient (Wildman–Crippen LogP) is 3.28. The van der Waals surface area contributed by atoms with E-state index in [-0.39, 0.29) is 17.7 Å². The molecule has 208 valence electrons. The monoisotopic (exact) mass is 526 g/mol. The molecule has 1 aromatic heterocycles. The summed E-state index contributed by atoms with van der Waals surface area (Å²) in [5, 5.41) is 10.2. The zero-order valence-corrected chi connectivity index (χ0v) is 22.8. The Bertz CT molecular complexity index is 1010. The van der Waals surface area contributed by atoms with E-state index in [0.29, 0.717) is 42.0 Å². The van der Waals surface area contributed by atoms with Gasteiger partial charge in [-0.1, -0.05) is 30.8 Å². The zero-order valence-electron chi connectivity index (χ0n) is 22.8. The van der Waals surface area contributed by atoms with E-state index in [1.54, 1.807) is 0 Å². The number of nitrogens with one attached hydrogen (secondary N) is 2. The first-order chi connectivity index (χ1) is 18.6. The molecule has 0 bridgehead atoms. The highest BCUT2D eigenvalue weighted by atomic mass is 16.6. The van der Waals surface area contributed by atoms with E-state index >= 15 is 0 Å². The summed E-state index contributed by atoms with van der Waals surface area (Å²) in [6.07, 6.45) is 12.0. The summed E-state index contributed by atoms with van der Waals surface area (Å²) in [6.45, 7) is 9.45. The number of fused-ring (bicyclic) bond motifs is 1. The number of oxime groups is 1. The highest BCUT2D eigenvalue weighted by Crippen LogP contribution is 2.40. The van der Waals surface area contributed by atoms with Crippen molar-refractivity contribution < 1.29 is 14.4 Å². The molecule has 3 aliphatic carbocycles. The minimum absolute atomic E-state index is 0.131. The second-order valence-corrected chi connectivity index (χ2v) is 11.1. The van der Waals surface area contributed by atoms with Crippen molar-refractivity contribution in [2.75, 3.05) is 43.7 Å². The predicted molar refractivity (Wildman–Crippen MR) is 148 cm³/mol. The topological polar surface area (TPSA) is 117 Å². The Kier molecular flexibility index (Phi) is 8.73. The van der Waals surface area contributed by atoms with Gasteiger partial charge in [-0.25, -0.2) is 15.0 Å². The van der Waals surface area contributed by atoms with E-state index < -0.39 is 0 Å². The van der Waals surface area contributed by atoms with Crippen LogP contribution in [-0.2, 0) is 14.4 Å². The maximum atomic E-state index is 11.3. The first-order valence-electron chi connectivity index (χ1n) is 14.2. The van der Waals surface area contributed by atoms with Crippen molar-refractivity contribution in [3.8, 4) is 0 Å². The molecule has 4 fully saturated rings. The van der Waals surface area contributed by atoms with Gasteiger partial charge < -0.3 is 25.1 Å². The van der Waals surface area contributed by atoms with Crippen molar-refractivity contribution in [2.45, 2.75) is 82.9 Å². The number of hydrogen-bond acceptors (Lipinski definition) is 10. The van der Waals surface area contributed by atoms with Crippen molar-refractivity contribution in [2.24, 2.45) is 22.0 Å². The van der Waals surface area contributed by atoms with Gasteiger partial charge in [0.15, 0.2) is 11.6 Å². The minimum Gasteiger partial charge on any atom is -0.397 e. The Morgan fingerprint density at radius 2 is 2.08 bits per heavy atom. The molecule has 3 saturated carbocycles. The highest BCUT2D eigenvalue weighted by Gasteiger charge is 2.46. The zero-order chi connectivity index (χ0) is 26.5. The number of aliphatic imine (C=N–C) groups is 1. The number of carbonyl (C=O) groups is 1. The van der Waals surface area contributed by atoms with Crippen molar-refractivity contribution in [1.29, 1.82) is 0 Å². The van der Waals surface area contributed by atoms with Crippen LogP contribution in [0.25, 0.3) is 0 Å². The van der Waals surface area contributed by atoms with Crippen molar-refractivity contribution in [3.05, 3.63) is 5.82 Å². The van der Waals surface area contributed by atoms with Crippen LogP contribution in [0.3, 0.4) is 0 Å². The van der Waals surface area contributed by atoms with Crippen LogP contribution in [0.4, 0.5) is 17.3 Å². The molecule has 1 aromatic rings. The summed E-state index contributed by atoms with van der Waals surface area (Å²) >= 11 is 0. The van der Waals surface area contributed by atoms with Crippen LogP contribution in [0.2, 0.25) is 0 Å². The van der Waals surface area contributed by atoms with Gasteiger partial charge in [0.2, 0.25) is 18.1 Å². The lowest BCUT2D eigenvalue weighted by molar-refractivity contribution is -0.108. The van der Waals surface area contributed by atoms with Gasteiger partial charge >= 0.3 is 0 Å². The third-order valence-corrected chi connectivity index (χ3v) is 8.58. The largest absolute Gasteiger partial charge is 0.397 e. The molecule has 5 rings (SSSR count). The number of carbonyl (C=O) groups excluding carboxylic acids is 1. The maximum absolute atomic E-state index is 11.3. The van der Waals surface area contributed by atoms with Gasteiger partial charge in [-0.05, 0) is 57.6 Å². The van der Waals surface area contributed by atoms with Crippen molar-refractivity contribution in [1.82, 2.24) is 20.2 Å². The second-order valence-electron chi connectivity index (χ2n) is 11.1. The van der Waals surface area contributed by atoms with Crippen LogP contribution < -0.4 is 15.5 Å². The molecule has 2 unspecified atom stereocenters. The number of aromatic nitrogens is 2. The first kappa shape index (κ1) is 26.8. The molecule has 38 heavy (non-hydrogen) atoms. The van der Waals surface area contributed by atoms with E-state index in [1.165, 1.54) is 58.5 Å². The van der Waals surface area contributed by atoms with Crippen molar-refractivity contribution >= 4 is 36.3 Å². The molecule has 11 heteroatoms. The van der Waals surface area contributed by atoms with Gasteiger partial charge in [-0.3, -0.25) is 9.69 Å². The van der Waals surface area contributed by atoms with Gasteiger partial charge in [-0.15, -0.1) is 0 Å². The fourth-order valence-electron chi connectivity index (χ4n) is 6.11. The molecule has 11 nitrogen and oxygen atoms in total. The number of amides is 1. The number of morpholine rings is 1. The lowest BCUT2D eigenvalue weighted by Crippen LogP contribution is -2.46. The number of rotatable bonds is 12. The Balaban J connectivity index is 1.54. The third-order valence-electron chi connectivity index (χ3n) is 8.58. The second kappa shape index (κ2) is 12.4. The van der Waals surface area contributed by atoms with E-state index in [1.807, 2.05) is 0 Å². The van der Waals surface area contributed by atoms with Gasteiger partial charge in [0.05, 0.1) is 19.4 Å². The summed E-state index contributed by atoms with van der Waals surface area (Å²) in [5.41, 5.74) is 0.868. The Morgan fingerprint density at radius 1 is 1.26 bits per heavy atom. The summed E-state index contributed by atoms with van der Waals surface area (Å²) in [4.78, 5) is 35.2. The summed E-state index contributed by atoms with van der Waals surface area (Å²) in [7, 11) is 1.42. The fourth-order valence-corrected chi connectivity index (χ4v) is 6.11. The molecule has 1 aliphatic heterocycles. The van der Waals surface area contributed by atoms with E-state index in [4.69, 9.17) is 19.5 Å². The first-order valence-corrected chi connectivity index (χ1v) is 14.2. The molecule has 2 heterocycles. The van der Waals surface area contributed by atoms with Gasteiger partial charge in [-0.2, -0.15) is 0 Å². The van der Waals surface area contributed by atoms with Gasteiger partial charge in [0.1, 0.15) is 12.8 Å². The van der Waals surface area contributed by atoms with Crippen molar-refractivity contribution in [3.63, 3.8) is 0 Å². The average Bonchev–Trinajstić information content (AvgIpc) is 3.68. The molecule has 4 aliphatic rings. The SMILES string of the molecule is C=Nc1nc(/C(=N/OC)NC=O)nc(N[C@H](C)C2CCC2)c1N(CC1CCCCC1)CN1CCOC2CC21. The smallest absolute Gasteiger partial charge is 0.217 e. The van der Waals surface area contributed by atoms with Crippen LogP contribution in [-0.4, -0.2) is 85.5 Å². The molecule has 0 radical (unpaired) electrons. The van der Waals surface area contributed by atoms with Crippen LogP contribution in [0.1, 0.15) is 70.5 Å². The Labute approximate surface area is 225 Å². The molecule has 1 saturated heterocycles. The standard InChI is InChI=1S/C27H42N8O3/c1-18(20-10-7-11-20)30-25-23(24(28-2)31-27(32-25)26(29-16-36)33-37-3)35(15-19-8-5-4-6-9-19)17-34-12-13-38-22-14-21(22)34/h16,18-22H,2,4-15,17H2,1,3H3,(H,29,33,36)(H,30,31,32)/t18-,21?,22?/m1/s1. The molecule has 3 atom stereocenters. The average molecular weight is 527 g/mol. The molecule has 0 spiro atoms. The molecule has 0 aromatic carbocycles. The molecular formula is C27H42N8O3. The number of ether oxygens (including phenoxy) is 1. The van der Waals surface area contributed by atoms with Crippen LogP contribution in [0.15, 0.2) is 10.1 Å². The third kappa shape index (κ3) is 6.09. The quantitative estimate of drug-likeness (QED) is 0.184.